The van der Waals surface area contributed by atoms with E-state index < -0.39 is 0 Å². The van der Waals surface area contributed by atoms with Gasteiger partial charge < -0.3 is 4.98 Å². The van der Waals surface area contributed by atoms with Crippen molar-refractivity contribution in [3.63, 3.8) is 0 Å². The number of tetrazole rings is 1. The first-order valence-electron chi connectivity index (χ1n) is 7.00. The summed E-state index contributed by atoms with van der Waals surface area (Å²) < 4.78 is 2.20. The van der Waals surface area contributed by atoms with Crippen molar-refractivity contribution in [2.24, 2.45) is 0 Å². The third-order valence-electron chi connectivity index (χ3n) is 3.42. The smallest absolute Gasteiger partial charge is 0.260 e. The second-order valence-electron chi connectivity index (χ2n) is 4.97. The van der Waals surface area contributed by atoms with E-state index in [1.54, 1.807) is 12.1 Å². The van der Waals surface area contributed by atoms with Gasteiger partial charge in [0, 0.05) is 4.47 Å². The Balaban J connectivity index is 1.70. The number of halogens is 1. The van der Waals surface area contributed by atoms with Crippen molar-refractivity contribution in [2.45, 2.75) is 0 Å². The monoisotopic (exact) mass is 383 g/mol. The van der Waals surface area contributed by atoms with E-state index in [-0.39, 0.29) is 5.91 Å². The van der Waals surface area contributed by atoms with E-state index in [9.17, 15) is 4.79 Å². The maximum Gasteiger partial charge on any atom is 0.260 e. The molecular formula is C15H10BrN7O. The summed E-state index contributed by atoms with van der Waals surface area (Å²) in [7, 11) is 0. The summed E-state index contributed by atoms with van der Waals surface area (Å²) in [6.45, 7) is 0. The van der Waals surface area contributed by atoms with E-state index in [2.05, 4.69) is 46.7 Å². The number of hydrogen-bond acceptors (Lipinski definition) is 5. The van der Waals surface area contributed by atoms with Crippen molar-refractivity contribution in [3.05, 3.63) is 58.8 Å². The normalized spacial score (nSPS) is 10.9. The van der Waals surface area contributed by atoms with Crippen LogP contribution in [0.4, 0.5) is 5.95 Å². The molecule has 4 aromatic rings. The number of H-pyrrole nitrogens is 1. The fourth-order valence-corrected chi connectivity index (χ4v) is 2.71. The molecule has 9 heteroatoms. The second-order valence-corrected chi connectivity index (χ2v) is 5.89. The van der Waals surface area contributed by atoms with Crippen molar-refractivity contribution in [1.29, 1.82) is 0 Å². The van der Waals surface area contributed by atoms with Crippen LogP contribution in [0.3, 0.4) is 0 Å². The first kappa shape index (κ1) is 14.5. The second kappa shape index (κ2) is 5.85. The van der Waals surface area contributed by atoms with Gasteiger partial charge in [0.05, 0.1) is 22.3 Å². The zero-order valence-corrected chi connectivity index (χ0v) is 13.7. The van der Waals surface area contributed by atoms with Gasteiger partial charge in [0.15, 0.2) is 0 Å². The predicted octanol–water partition coefficient (Wildman–Crippen LogP) is 2.55. The molecule has 1 amide bonds. The summed E-state index contributed by atoms with van der Waals surface area (Å²) in [6, 6.07) is 12.8. The van der Waals surface area contributed by atoms with Gasteiger partial charge >= 0.3 is 0 Å². The molecule has 0 bridgehead atoms. The summed E-state index contributed by atoms with van der Waals surface area (Å²) in [5.74, 6) is 0.0599. The number of hydrogen-bond donors (Lipinski definition) is 2. The number of anilines is 1. The summed E-state index contributed by atoms with van der Waals surface area (Å²) in [5.41, 5.74) is 2.61. The maximum atomic E-state index is 12.7. The van der Waals surface area contributed by atoms with Gasteiger partial charge in [-0.05, 0) is 40.8 Å². The van der Waals surface area contributed by atoms with Gasteiger partial charge in [-0.1, -0.05) is 28.1 Å². The largest absolute Gasteiger partial charge is 0.324 e. The zero-order chi connectivity index (χ0) is 16.5. The fourth-order valence-electron chi connectivity index (χ4n) is 2.35. The highest BCUT2D eigenvalue weighted by Crippen LogP contribution is 2.21. The number of benzene rings is 2. The molecule has 2 aromatic carbocycles. The SMILES string of the molecule is O=C(Nc1nc2ccccc2[nH]1)c1cc(Br)ccc1-n1cnnn1. The van der Waals surface area contributed by atoms with Gasteiger partial charge in [-0.15, -0.1) is 5.10 Å². The molecule has 0 radical (unpaired) electrons. The molecule has 24 heavy (non-hydrogen) atoms. The Hall–Kier alpha value is -3.07. The Labute approximate surface area is 144 Å². The topological polar surface area (TPSA) is 101 Å². The Bertz CT molecular complexity index is 992. The maximum absolute atomic E-state index is 12.7. The third-order valence-corrected chi connectivity index (χ3v) is 3.91. The van der Waals surface area contributed by atoms with E-state index in [1.807, 2.05) is 30.3 Å². The van der Waals surface area contributed by atoms with Gasteiger partial charge in [0.2, 0.25) is 5.95 Å². The van der Waals surface area contributed by atoms with Crippen molar-refractivity contribution in [3.8, 4) is 5.69 Å². The highest BCUT2D eigenvalue weighted by Gasteiger charge is 2.16. The predicted molar refractivity (Wildman–Crippen MR) is 90.9 cm³/mol. The van der Waals surface area contributed by atoms with Crippen molar-refractivity contribution >= 4 is 38.8 Å². The standard InChI is InChI=1S/C15H10BrN7O/c16-9-5-6-13(23-8-17-21-22-23)10(7-9)14(24)20-15-18-11-3-1-2-4-12(11)19-15/h1-8H,(H2,18,19,20,24). The summed E-state index contributed by atoms with van der Waals surface area (Å²) in [4.78, 5) is 20.1. The van der Waals surface area contributed by atoms with Gasteiger partial charge in [-0.3, -0.25) is 10.1 Å². The molecule has 0 aliphatic heterocycles. The molecule has 0 aliphatic carbocycles. The average molecular weight is 384 g/mol. The number of carbonyl (C=O) groups excluding carboxylic acids is 1. The van der Waals surface area contributed by atoms with E-state index in [1.165, 1.54) is 11.0 Å². The lowest BCUT2D eigenvalue weighted by atomic mass is 10.1. The quantitative estimate of drug-likeness (QED) is 0.565. The number of carbonyl (C=O) groups is 1. The van der Waals surface area contributed by atoms with Crippen LogP contribution in [-0.2, 0) is 0 Å². The van der Waals surface area contributed by atoms with Gasteiger partial charge in [0.25, 0.3) is 5.91 Å². The number of aromatic nitrogens is 6. The summed E-state index contributed by atoms with van der Waals surface area (Å²) in [6.07, 6.45) is 1.43. The molecule has 0 atom stereocenters. The molecule has 2 aromatic heterocycles. The van der Waals surface area contributed by atoms with Crippen LogP contribution in [0.5, 0.6) is 0 Å². The number of fused-ring (bicyclic) bond motifs is 1. The lowest BCUT2D eigenvalue weighted by Crippen LogP contribution is -2.16. The van der Waals surface area contributed by atoms with E-state index in [0.29, 0.717) is 17.2 Å². The fraction of sp³-hybridized carbons (Fsp3) is 0. The molecule has 118 valence electrons. The number of nitrogens with one attached hydrogen (secondary N) is 2. The summed E-state index contributed by atoms with van der Waals surface area (Å²) >= 11 is 3.38. The Kier molecular flexibility index (Phi) is 3.54. The average Bonchev–Trinajstić information content (AvgIpc) is 3.23. The van der Waals surface area contributed by atoms with Gasteiger partial charge in [0.1, 0.15) is 6.33 Å². The van der Waals surface area contributed by atoms with Crippen LogP contribution in [0.25, 0.3) is 16.7 Å². The van der Waals surface area contributed by atoms with Crippen molar-refractivity contribution in [2.75, 3.05) is 5.32 Å². The Morgan fingerprint density at radius 2 is 2.08 bits per heavy atom. The molecule has 0 saturated heterocycles. The molecule has 4 rings (SSSR count). The van der Waals surface area contributed by atoms with Gasteiger partial charge in [-0.2, -0.15) is 4.68 Å². The number of imidazole rings is 1. The van der Waals surface area contributed by atoms with Crippen LogP contribution < -0.4 is 5.32 Å². The zero-order valence-electron chi connectivity index (χ0n) is 12.1. The van der Waals surface area contributed by atoms with E-state index in [4.69, 9.17) is 0 Å². The van der Waals surface area contributed by atoms with Gasteiger partial charge in [-0.25, -0.2) is 4.98 Å². The number of amides is 1. The van der Waals surface area contributed by atoms with Crippen LogP contribution in [0.15, 0.2) is 53.3 Å². The minimum absolute atomic E-state index is 0.319. The van der Waals surface area contributed by atoms with Crippen LogP contribution in [0.2, 0.25) is 0 Å². The number of aromatic amines is 1. The molecule has 2 heterocycles. The summed E-state index contributed by atoms with van der Waals surface area (Å²) in [5, 5.41) is 13.8. The van der Waals surface area contributed by atoms with Crippen LogP contribution >= 0.6 is 15.9 Å². The Morgan fingerprint density at radius 1 is 1.21 bits per heavy atom. The van der Waals surface area contributed by atoms with E-state index >= 15 is 0 Å². The third kappa shape index (κ3) is 2.65. The highest BCUT2D eigenvalue weighted by molar-refractivity contribution is 9.10. The lowest BCUT2D eigenvalue weighted by molar-refractivity contribution is 0.102. The number of para-hydroxylation sites is 2. The van der Waals surface area contributed by atoms with E-state index in [0.717, 1.165) is 15.5 Å². The molecule has 0 saturated carbocycles. The first-order chi connectivity index (χ1) is 11.7. The Morgan fingerprint density at radius 3 is 2.88 bits per heavy atom. The molecule has 8 nitrogen and oxygen atoms in total. The molecule has 0 spiro atoms. The number of rotatable bonds is 3. The molecule has 0 unspecified atom stereocenters. The molecular weight excluding hydrogens is 374 g/mol. The lowest BCUT2D eigenvalue weighted by Gasteiger charge is -2.08. The van der Waals surface area contributed by atoms with Crippen molar-refractivity contribution < 1.29 is 4.79 Å². The molecule has 0 aliphatic rings. The minimum Gasteiger partial charge on any atom is -0.324 e. The minimum atomic E-state index is -0.319. The first-order valence-corrected chi connectivity index (χ1v) is 7.79. The molecule has 0 fully saturated rings. The van der Waals surface area contributed by atoms with Crippen molar-refractivity contribution in [1.82, 2.24) is 30.2 Å². The van der Waals surface area contributed by atoms with Crippen LogP contribution in [0, 0.1) is 0 Å². The van der Waals surface area contributed by atoms with Crippen LogP contribution in [-0.4, -0.2) is 36.1 Å². The molecule has 2 N–H and O–H groups in total. The highest BCUT2D eigenvalue weighted by atomic mass is 79.9. The number of nitrogens with zero attached hydrogens (tertiary/aromatic N) is 5. The van der Waals surface area contributed by atoms with Crippen LogP contribution in [0.1, 0.15) is 10.4 Å².